The molecule has 1 aromatic heterocycles. The minimum Gasteiger partial charge on any atom is -0.458 e. The molecular formula is C20H22NO2S+. The number of benzene rings is 2. The van der Waals surface area contributed by atoms with E-state index in [1.165, 1.54) is 15.3 Å². The number of nitrogens with zero attached hydrogens (tertiary/aromatic N) is 1. The number of carbonyl (C=O) groups is 1. The van der Waals surface area contributed by atoms with Crippen LogP contribution in [0.1, 0.15) is 24.4 Å². The first kappa shape index (κ1) is 16.7. The predicted molar refractivity (Wildman–Crippen MR) is 97.1 cm³/mol. The molecule has 0 radical (unpaired) electrons. The molecule has 0 aliphatic heterocycles. The van der Waals surface area contributed by atoms with Gasteiger partial charge in [-0.25, -0.2) is 4.79 Å². The fourth-order valence-corrected chi connectivity index (χ4v) is 3.93. The first-order valence-electron chi connectivity index (χ1n) is 8.27. The monoisotopic (exact) mass is 340 g/mol. The third-order valence-electron chi connectivity index (χ3n) is 3.81. The molecule has 3 aromatic rings. The van der Waals surface area contributed by atoms with Gasteiger partial charge >= 0.3 is 5.97 Å². The zero-order valence-corrected chi connectivity index (χ0v) is 14.9. The van der Waals surface area contributed by atoms with Gasteiger partial charge < -0.3 is 4.74 Å². The highest BCUT2D eigenvalue weighted by atomic mass is 32.1. The molecule has 1 heterocycles. The van der Waals surface area contributed by atoms with E-state index < -0.39 is 0 Å². The second-order valence-corrected chi connectivity index (χ2v) is 7.19. The van der Waals surface area contributed by atoms with Crippen LogP contribution in [0, 0.1) is 0 Å². The van der Waals surface area contributed by atoms with Crippen molar-refractivity contribution in [3.63, 3.8) is 0 Å². The van der Waals surface area contributed by atoms with Crippen molar-refractivity contribution >= 4 is 27.5 Å². The third kappa shape index (κ3) is 4.01. The molecule has 3 rings (SSSR count). The zero-order valence-electron chi connectivity index (χ0n) is 14.1. The van der Waals surface area contributed by atoms with Crippen LogP contribution in [0.3, 0.4) is 0 Å². The van der Waals surface area contributed by atoms with Gasteiger partial charge in [-0.05, 0) is 31.9 Å². The number of rotatable bonds is 6. The molecule has 0 N–H and O–H groups in total. The summed E-state index contributed by atoms with van der Waals surface area (Å²) in [5, 5.41) is 1.21. The molecule has 0 spiro atoms. The summed E-state index contributed by atoms with van der Waals surface area (Å²) >= 11 is 1.76. The fourth-order valence-electron chi connectivity index (χ4n) is 2.77. The van der Waals surface area contributed by atoms with E-state index in [0.717, 1.165) is 18.4 Å². The summed E-state index contributed by atoms with van der Waals surface area (Å²) in [7, 11) is 0. The van der Waals surface area contributed by atoms with Crippen molar-refractivity contribution in [1.29, 1.82) is 0 Å². The first-order valence-corrected chi connectivity index (χ1v) is 9.09. The van der Waals surface area contributed by atoms with Crippen molar-refractivity contribution < 1.29 is 14.1 Å². The lowest BCUT2D eigenvalue weighted by atomic mass is 10.1. The van der Waals surface area contributed by atoms with Crippen LogP contribution in [0.2, 0.25) is 0 Å². The number of ether oxygens (including phenoxy) is 1. The largest absolute Gasteiger partial charge is 0.458 e. The van der Waals surface area contributed by atoms with E-state index in [1.54, 1.807) is 11.3 Å². The molecular weight excluding hydrogens is 318 g/mol. The van der Waals surface area contributed by atoms with Crippen LogP contribution in [0.4, 0.5) is 0 Å². The minimum atomic E-state index is -0.181. The molecule has 0 amide bonds. The molecule has 0 saturated carbocycles. The standard InChI is InChI=1S/C20H22NO2S/c1-15(2)23-20(22)14-21-17-10-6-7-11-18(17)24-19(21)13-12-16-8-4-3-5-9-16/h3-11,15H,12-14H2,1-2H3/q+1. The maximum Gasteiger partial charge on any atom is 0.372 e. The van der Waals surface area contributed by atoms with E-state index >= 15 is 0 Å². The van der Waals surface area contributed by atoms with E-state index in [9.17, 15) is 4.79 Å². The van der Waals surface area contributed by atoms with Crippen LogP contribution in [-0.4, -0.2) is 12.1 Å². The van der Waals surface area contributed by atoms with Crippen molar-refractivity contribution in [2.45, 2.75) is 39.3 Å². The summed E-state index contributed by atoms with van der Waals surface area (Å²) in [6.45, 7) is 4.03. The fraction of sp³-hybridized carbons (Fsp3) is 0.300. The Morgan fingerprint density at radius 2 is 1.75 bits per heavy atom. The number of aromatic nitrogens is 1. The van der Waals surface area contributed by atoms with Crippen LogP contribution in [-0.2, 0) is 28.9 Å². The van der Waals surface area contributed by atoms with E-state index in [2.05, 4.69) is 41.0 Å². The lowest BCUT2D eigenvalue weighted by molar-refractivity contribution is -0.663. The number of fused-ring (bicyclic) bond motifs is 1. The van der Waals surface area contributed by atoms with Crippen molar-refractivity contribution in [3.8, 4) is 0 Å². The Morgan fingerprint density at radius 3 is 2.50 bits per heavy atom. The number of esters is 1. The molecule has 4 heteroatoms. The number of carbonyl (C=O) groups excluding carboxylic acids is 1. The highest BCUT2D eigenvalue weighted by Gasteiger charge is 2.23. The Morgan fingerprint density at radius 1 is 1.04 bits per heavy atom. The van der Waals surface area contributed by atoms with Gasteiger partial charge in [-0.1, -0.05) is 53.8 Å². The van der Waals surface area contributed by atoms with Crippen molar-refractivity contribution in [2.24, 2.45) is 0 Å². The van der Waals surface area contributed by atoms with Crippen molar-refractivity contribution in [2.75, 3.05) is 0 Å². The SMILES string of the molecule is CC(C)OC(=O)C[n+]1c(CCc2ccccc2)sc2ccccc21. The highest BCUT2D eigenvalue weighted by Crippen LogP contribution is 2.21. The number of para-hydroxylation sites is 1. The van der Waals surface area contributed by atoms with Crippen LogP contribution in [0.25, 0.3) is 10.2 Å². The van der Waals surface area contributed by atoms with Gasteiger partial charge in [-0.2, -0.15) is 4.57 Å². The van der Waals surface area contributed by atoms with Crippen LogP contribution in [0.15, 0.2) is 54.6 Å². The zero-order chi connectivity index (χ0) is 16.9. The van der Waals surface area contributed by atoms with Crippen LogP contribution < -0.4 is 4.57 Å². The molecule has 0 aliphatic carbocycles. The summed E-state index contributed by atoms with van der Waals surface area (Å²) in [4.78, 5) is 12.2. The molecule has 2 aromatic carbocycles. The smallest absolute Gasteiger partial charge is 0.372 e. The van der Waals surface area contributed by atoms with Crippen molar-refractivity contribution in [3.05, 3.63) is 65.2 Å². The number of hydrogen-bond acceptors (Lipinski definition) is 3. The Labute approximate surface area is 146 Å². The normalized spacial score (nSPS) is 11.1. The summed E-state index contributed by atoms with van der Waals surface area (Å²) in [5.41, 5.74) is 2.41. The van der Waals surface area contributed by atoms with Gasteiger partial charge in [0.25, 0.3) is 0 Å². The highest BCUT2D eigenvalue weighted by molar-refractivity contribution is 7.18. The summed E-state index contributed by atoms with van der Waals surface area (Å²) in [6, 6.07) is 18.7. The molecule has 0 saturated heterocycles. The lowest BCUT2D eigenvalue weighted by Gasteiger charge is -2.06. The second kappa shape index (κ2) is 7.58. The Balaban J connectivity index is 1.85. The summed E-state index contributed by atoms with van der Waals surface area (Å²) < 4.78 is 8.65. The average molecular weight is 340 g/mol. The van der Waals surface area contributed by atoms with Crippen molar-refractivity contribution in [1.82, 2.24) is 0 Å². The average Bonchev–Trinajstić information content (AvgIpc) is 2.91. The lowest BCUT2D eigenvalue weighted by Crippen LogP contribution is -2.41. The summed E-state index contributed by atoms with van der Waals surface area (Å²) in [6.07, 6.45) is 1.79. The molecule has 24 heavy (non-hydrogen) atoms. The predicted octanol–water partition coefficient (Wildman–Crippen LogP) is 3.93. The number of aryl methyl sites for hydroxylation is 2. The second-order valence-electron chi connectivity index (χ2n) is 6.07. The van der Waals surface area contributed by atoms with Gasteiger partial charge in [-0.15, -0.1) is 0 Å². The van der Waals surface area contributed by atoms with Gasteiger partial charge in [0.1, 0.15) is 4.70 Å². The van der Waals surface area contributed by atoms with Crippen LogP contribution >= 0.6 is 11.3 Å². The Hall–Kier alpha value is -2.20. The van der Waals surface area contributed by atoms with Crippen LogP contribution in [0.5, 0.6) is 0 Å². The maximum atomic E-state index is 12.2. The Kier molecular flexibility index (Phi) is 5.26. The molecule has 0 atom stereocenters. The van der Waals surface area contributed by atoms with E-state index in [0.29, 0.717) is 0 Å². The van der Waals surface area contributed by atoms with Gasteiger partial charge in [-0.3, -0.25) is 0 Å². The molecule has 0 aliphatic rings. The molecule has 124 valence electrons. The molecule has 0 fully saturated rings. The molecule has 0 unspecified atom stereocenters. The van der Waals surface area contributed by atoms with Gasteiger partial charge in [0.2, 0.25) is 17.1 Å². The summed E-state index contributed by atoms with van der Waals surface area (Å²) in [5.74, 6) is -0.181. The molecule has 3 nitrogen and oxygen atoms in total. The number of hydrogen-bond donors (Lipinski definition) is 0. The maximum absolute atomic E-state index is 12.2. The quantitative estimate of drug-likeness (QED) is 0.503. The van der Waals surface area contributed by atoms with Gasteiger partial charge in [0.15, 0.2) is 0 Å². The third-order valence-corrected chi connectivity index (χ3v) is 5.03. The molecule has 0 bridgehead atoms. The van der Waals surface area contributed by atoms with Gasteiger partial charge in [0, 0.05) is 12.5 Å². The number of thiazole rings is 1. The first-order chi connectivity index (χ1) is 11.6. The van der Waals surface area contributed by atoms with E-state index in [-0.39, 0.29) is 18.6 Å². The Bertz CT molecular complexity index is 824. The van der Waals surface area contributed by atoms with E-state index in [1.807, 2.05) is 32.0 Å². The van der Waals surface area contributed by atoms with Gasteiger partial charge in [0.05, 0.1) is 6.10 Å². The van der Waals surface area contributed by atoms with E-state index in [4.69, 9.17) is 4.74 Å². The minimum absolute atomic E-state index is 0.0873. The topological polar surface area (TPSA) is 30.2 Å².